The number of carbonyl (C=O) groups excluding carboxylic acids is 1. The van der Waals surface area contributed by atoms with Gasteiger partial charge in [-0.1, -0.05) is 0 Å². The summed E-state index contributed by atoms with van der Waals surface area (Å²) in [6.45, 7) is 2.34. The maximum atomic E-state index is 12.5. The Bertz CT molecular complexity index is 692. The highest BCUT2D eigenvalue weighted by Gasteiger charge is 2.34. The Labute approximate surface area is 129 Å². The number of carbonyl (C=O) groups is 1. The van der Waals surface area contributed by atoms with Gasteiger partial charge < -0.3 is 4.90 Å². The fourth-order valence-electron chi connectivity index (χ4n) is 2.68. The Morgan fingerprint density at radius 1 is 1.45 bits per heavy atom. The van der Waals surface area contributed by atoms with E-state index in [9.17, 15) is 18.0 Å². The summed E-state index contributed by atoms with van der Waals surface area (Å²) in [6, 6.07) is 2.82. The fraction of sp³-hybridized carbons (Fsp3) is 0.429. The van der Waals surface area contributed by atoms with Crippen LogP contribution in [0.5, 0.6) is 0 Å². The van der Waals surface area contributed by atoms with Crippen LogP contribution in [0.3, 0.4) is 0 Å². The molecule has 0 radical (unpaired) electrons. The van der Waals surface area contributed by atoms with Gasteiger partial charge in [-0.25, -0.2) is 0 Å². The van der Waals surface area contributed by atoms with Crippen molar-refractivity contribution in [3.63, 3.8) is 0 Å². The summed E-state index contributed by atoms with van der Waals surface area (Å²) in [5, 5.41) is 5.42. The monoisotopic (exact) mass is 329 g/mol. The average molecular weight is 329 g/mol. The molecule has 0 unspecified atom stereocenters. The number of halogens is 3. The number of amides is 1. The Hall–Kier alpha value is -1.83. The number of hydrogen-bond donors (Lipinski definition) is 0. The van der Waals surface area contributed by atoms with E-state index < -0.39 is 11.9 Å². The molecule has 0 aromatic carbocycles. The number of nitrogens with zero attached hydrogens (tertiary/aromatic N) is 3. The van der Waals surface area contributed by atoms with Crippen molar-refractivity contribution in [2.45, 2.75) is 32.1 Å². The first-order chi connectivity index (χ1) is 10.4. The van der Waals surface area contributed by atoms with Gasteiger partial charge in [0.25, 0.3) is 0 Å². The topological polar surface area (TPSA) is 38.1 Å². The highest BCUT2D eigenvalue weighted by molar-refractivity contribution is 7.10. The van der Waals surface area contributed by atoms with E-state index >= 15 is 0 Å². The van der Waals surface area contributed by atoms with Crippen molar-refractivity contribution < 1.29 is 18.0 Å². The Morgan fingerprint density at radius 2 is 2.23 bits per heavy atom. The molecule has 1 aliphatic rings. The second-order valence-corrected chi connectivity index (χ2v) is 6.21. The van der Waals surface area contributed by atoms with Gasteiger partial charge in [-0.15, -0.1) is 11.3 Å². The van der Waals surface area contributed by atoms with Crippen molar-refractivity contribution >= 4 is 17.2 Å². The van der Waals surface area contributed by atoms with Crippen molar-refractivity contribution in [1.82, 2.24) is 14.7 Å². The van der Waals surface area contributed by atoms with Gasteiger partial charge in [0.15, 0.2) is 5.69 Å². The summed E-state index contributed by atoms with van der Waals surface area (Å²) in [7, 11) is 0. The van der Waals surface area contributed by atoms with Crippen LogP contribution in [0.25, 0.3) is 0 Å². The summed E-state index contributed by atoms with van der Waals surface area (Å²) in [5.74, 6) is -0.221. The number of alkyl halides is 3. The third-order valence-electron chi connectivity index (χ3n) is 3.83. The molecule has 0 bridgehead atoms. The molecular weight excluding hydrogens is 315 g/mol. The number of hydrogen-bond acceptors (Lipinski definition) is 3. The van der Waals surface area contributed by atoms with Crippen LogP contribution in [0, 0.1) is 0 Å². The Balaban J connectivity index is 1.72. The molecule has 22 heavy (non-hydrogen) atoms. The van der Waals surface area contributed by atoms with E-state index in [1.54, 1.807) is 16.2 Å². The second kappa shape index (κ2) is 5.42. The lowest BCUT2D eigenvalue weighted by molar-refractivity contribution is -0.142. The van der Waals surface area contributed by atoms with Crippen LogP contribution in [-0.2, 0) is 23.9 Å². The minimum absolute atomic E-state index is 0.0554. The zero-order valence-corrected chi connectivity index (χ0v) is 12.6. The van der Waals surface area contributed by atoms with Gasteiger partial charge >= 0.3 is 6.18 Å². The van der Waals surface area contributed by atoms with Gasteiger partial charge in [0.05, 0.1) is 6.04 Å². The van der Waals surface area contributed by atoms with Gasteiger partial charge in [-0.05, 0) is 36.4 Å². The number of thiophene rings is 1. The van der Waals surface area contributed by atoms with Gasteiger partial charge in [0.2, 0.25) is 5.91 Å². The van der Waals surface area contributed by atoms with Gasteiger partial charge in [-0.3, -0.25) is 9.48 Å². The average Bonchev–Trinajstić information content (AvgIpc) is 3.06. The predicted octanol–water partition coefficient (Wildman–Crippen LogP) is 3.11. The van der Waals surface area contributed by atoms with E-state index in [4.69, 9.17) is 0 Å². The molecular formula is C14H14F3N3OS. The van der Waals surface area contributed by atoms with Gasteiger partial charge in [0.1, 0.15) is 6.54 Å². The SMILES string of the molecule is C[C@H]1c2ccsc2CCN1C(=O)Cn1ccc(C(F)(F)F)n1. The van der Waals surface area contributed by atoms with Crippen LogP contribution < -0.4 is 0 Å². The summed E-state index contributed by atoms with van der Waals surface area (Å²) >= 11 is 1.67. The summed E-state index contributed by atoms with van der Waals surface area (Å²) in [6.07, 6.45) is -2.51. The van der Waals surface area contributed by atoms with Gasteiger partial charge in [-0.2, -0.15) is 18.3 Å². The van der Waals surface area contributed by atoms with Crippen LogP contribution >= 0.6 is 11.3 Å². The summed E-state index contributed by atoms with van der Waals surface area (Å²) in [4.78, 5) is 15.3. The van der Waals surface area contributed by atoms with Crippen LogP contribution in [0.2, 0.25) is 0 Å². The molecule has 0 N–H and O–H groups in total. The molecule has 118 valence electrons. The quantitative estimate of drug-likeness (QED) is 0.849. The molecule has 0 saturated carbocycles. The van der Waals surface area contributed by atoms with E-state index in [0.717, 1.165) is 22.7 Å². The van der Waals surface area contributed by atoms with E-state index in [0.29, 0.717) is 6.54 Å². The highest BCUT2D eigenvalue weighted by Crippen LogP contribution is 2.33. The molecule has 0 fully saturated rings. The maximum absolute atomic E-state index is 12.5. The van der Waals surface area contributed by atoms with Crippen molar-refractivity contribution in [1.29, 1.82) is 0 Å². The van der Waals surface area contributed by atoms with E-state index in [1.165, 1.54) is 11.1 Å². The van der Waals surface area contributed by atoms with Crippen LogP contribution in [-0.4, -0.2) is 27.1 Å². The molecule has 2 aromatic rings. The molecule has 8 heteroatoms. The fourth-order valence-corrected chi connectivity index (χ4v) is 3.64. The summed E-state index contributed by atoms with van der Waals surface area (Å²) in [5.41, 5.74) is 0.146. The summed E-state index contributed by atoms with van der Waals surface area (Å²) < 4.78 is 38.6. The molecule has 0 aliphatic carbocycles. The molecule has 1 aliphatic heterocycles. The van der Waals surface area contributed by atoms with Crippen molar-refractivity contribution in [2.75, 3.05) is 6.54 Å². The normalized spacial score (nSPS) is 18.4. The zero-order chi connectivity index (χ0) is 15.9. The van der Waals surface area contributed by atoms with Crippen molar-refractivity contribution in [3.05, 3.63) is 39.8 Å². The Kier molecular flexibility index (Phi) is 3.72. The molecule has 2 aromatic heterocycles. The maximum Gasteiger partial charge on any atom is 0.435 e. The molecule has 3 rings (SSSR count). The third-order valence-corrected chi connectivity index (χ3v) is 4.82. The molecule has 1 atom stereocenters. The first-order valence-electron chi connectivity index (χ1n) is 6.82. The lowest BCUT2D eigenvalue weighted by Gasteiger charge is -2.33. The van der Waals surface area contributed by atoms with E-state index in [-0.39, 0.29) is 18.5 Å². The predicted molar refractivity (Wildman–Crippen MR) is 75.4 cm³/mol. The molecule has 0 spiro atoms. The first-order valence-corrected chi connectivity index (χ1v) is 7.70. The van der Waals surface area contributed by atoms with Crippen LogP contribution in [0.15, 0.2) is 23.7 Å². The number of rotatable bonds is 2. The minimum atomic E-state index is -4.49. The van der Waals surface area contributed by atoms with E-state index in [2.05, 4.69) is 5.10 Å². The molecule has 0 saturated heterocycles. The van der Waals surface area contributed by atoms with Gasteiger partial charge in [0, 0.05) is 17.6 Å². The molecule has 1 amide bonds. The van der Waals surface area contributed by atoms with Crippen LogP contribution in [0.1, 0.15) is 29.1 Å². The number of aromatic nitrogens is 2. The lowest BCUT2D eigenvalue weighted by Crippen LogP contribution is -2.40. The van der Waals surface area contributed by atoms with Crippen molar-refractivity contribution in [3.8, 4) is 0 Å². The zero-order valence-electron chi connectivity index (χ0n) is 11.8. The molecule has 4 nitrogen and oxygen atoms in total. The molecule has 3 heterocycles. The standard InChI is InChI=1S/C14H14F3N3OS/c1-9-10-4-7-22-11(10)2-6-20(9)13(21)8-19-5-3-12(18-19)14(15,16)17/h3-5,7,9H,2,6,8H2,1H3/t9-/m0/s1. The van der Waals surface area contributed by atoms with Crippen LogP contribution in [0.4, 0.5) is 13.2 Å². The smallest absolute Gasteiger partial charge is 0.334 e. The Morgan fingerprint density at radius 3 is 2.91 bits per heavy atom. The highest BCUT2D eigenvalue weighted by atomic mass is 32.1. The van der Waals surface area contributed by atoms with E-state index in [1.807, 2.05) is 18.4 Å². The van der Waals surface area contributed by atoms with Crippen molar-refractivity contribution in [2.24, 2.45) is 0 Å². The second-order valence-electron chi connectivity index (χ2n) is 5.21. The third kappa shape index (κ3) is 2.75. The first kappa shape index (κ1) is 15.1. The minimum Gasteiger partial charge on any atom is -0.334 e. The largest absolute Gasteiger partial charge is 0.435 e. The lowest BCUT2D eigenvalue weighted by atomic mass is 10.0. The number of fused-ring (bicyclic) bond motifs is 1.